The van der Waals surface area contributed by atoms with Crippen LogP contribution in [0.15, 0.2) is 30.3 Å². The summed E-state index contributed by atoms with van der Waals surface area (Å²) in [4.78, 5) is 11.0. The number of carbonyl (C=O) groups is 1. The highest BCUT2D eigenvalue weighted by Crippen LogP contribution is 2.21. The van der Waals surface area contributed by atoms with Crippen molar-refractivity contribution in [2.75, 3.05) is 6.54 Å². The van der Waals surface area contributed by atoms with Crippen molar-refractivity contribution in [3.63, 3.8) is 0 Å². The van der Waals surface area contributed by atoms with Gasteiger partial charge in [0.05, 0.1) is 10.9 Å². The molecule has 0 saturated heterocycles. The van der Waals surface area contributed by atoms with Gasteiger partial charge in [-0.1, -0.05) is 46.3 Å². The molecular formula is C12H17BrN2O4S. The fraction of sp³-hybridized carbons (Fsp3) is 0.417. The van der Waals surface area contributed by atoms with E-state index in [1.165, 1.54) is 0 Å². The molecule has 1 amide bonds. The van der Waals surface area contributed by atoms with E-state index in [2.05, 4.69) is 20.7 Å². The first-order valence-electron chi connectivity index (χ1n) is 5.97. The zero-order chi connectivity index (χ0) is 15.2. The Morgan fingerprint density at radius 1 is 1.30 bits per heavy atom. The van der Waals surface area contributed by atoms with Crippen molar-refractivity contribution in [3.8, 4) is 0 Å². The lowest BCUT2D eigenvalue weighted by Crippen LogP contribution is -2.42. The number of halogens is 1. The van der Waals surface area contributed by atoms with E-state index in [0.717, 1.165) is 5.56 Å². The average molecular weight is 365 g/mol. The summed E-state index contributed by atoms with van der Waals surface area (Å²) >= 11 is 3.37. The Morgan fingerprint density at radius 2 is 1.90 bits per heavy atom. The van der Waals surface area contributed by atoms with E-state index in [9.17, 15) is 13.2 Å². The number of alkyl halides is 1. The molecule has 0 heterocycles. The Kier molecular flexibility index (Phi) is 6.44. The quantitative estimate of drug-likeness (QED) is 0.756. The van der Waals surface area contributed by atoms with Crippen LogP contribution in [0.3, 0.4) is 0 Å². The van der Waals surface area contributed by atoms with Gasteiger partial charge in [-0.15, -0.1) is 0 Å². The molecule has 0 aliphatic rings. The van der Waals surface area contributed by atoms with Crippen LogP contribution >= 0.6 is 15.9 Å². The fourth-order valence-corrected chi connectivity index (χ4v) is 2.75. The maximum atomic E-state index is 11.6. The van der Waals surface area contributed by atoms with Crippen LogP contribution in [-0.2, 0) is 14.9 Å². The van der Waals surface area contributed by atoms with Gasteiger partial charge in [0.2, 0.25) is 0 Å². The van der Waals surface area contributed by atoms with E-state index >= 15 is 0 Å². The Hall–Kier alpha value is -1.12. The van der Waals surface area contributed by atoms with Gasteiger partial charge in [-0.3, -0.25) is 0 Å². The number of amides is 1. The molecule has 8 heteroatoms. The van der Waals surface area contributed by atoms with Crippen LogP contribution in [0.25, 0.3) is 0 Å². The molecule has 0 aromatic heterocycles. The first kappa shape index (κ1) is 16.9. The minimum absolute atomic E-state index is 0.105. The number of carbonyl (C=O) groups excluding carboxylic acids is 1. The maximum absolute atomic E-state index is 11.6. The highest BCUT2D eigenvalue weighted by molar-refractivity contribution is 9.09. The van der Waals surface area contributed by atoms with Crippen molar-refractivity contribution in [1.82, 2.24) is 9.44 Å². The van der Waals surface area contributed by atoms with Gasteiger partial charge in [0, 0.05) is 6.54 Å². The van der Waals surface area contributed by atoms with Gasteiger partial charge in [-0.05, 0) is 19.4 Å². The topological polar surface area (TPSA) is 84.5 Å². The van der Waals surface area contributed by atoms with Crippen molar-refractivity contribution in [2.24, 2.45) is 0 Å². The van der Waals surface area contributed by atoms with Crippen LogP contribution in [0.2, 0.25) is 0 Å². The molecule has 0 spiro atoms. The van der Waals surface area contributed by atoms with Gasteiger partial charge in [0.25, 0.3) is 0 Å². The normalized spacial score (nSPS) is 13.0. The molecular weight excluding hydrogens is 348 g/mol. The zero-order valence-corrected chi connectivity index (χ0v) is 13.6. The predicted molar refractivity (Wildman–Crippen MR) is 79.8 cm³/mol. The highest BCUT2D eigenvalue weighted by atomic mass is 79.9. The van der Waals surface area contributed by atoms with Crippen LogP contribution in [0, 0.1) is 0 Å². The van der Waals surface area contributed by atoms with Crippen molar-refractivity contribution >= 4 is 32.2 Å². The van der Waals surface area contributed by atoms with Crippen LogP contribution in [0.4, 0.5) is 4.79 Å². The van der Waals surface area contributed by atoms with Gasteiger partial charge in [-0.25, -0.2) is 9.52 Å². The molecule has 1 unspecified atom stereocenters. The van der Waals surface area contributed by atoms with Crippen LogP contribution in [0.5, 0.6) is 0 Å². The summed E-state index contributed by atoms with van der Waals surface area (Å²) in [6.07, 6.45) is -1.39. The van der Waals surface area contributed by atoms with Gasteiger partial charge < -0.3 is 4.74 Å². The summed E-state index contributed by atoms with van der Waals surface area (Å²) in [5.41, 5.74) is 0.931. The monoisotopic (exact) mass is 364 g/mol. The molecule has 112 valence electrons. The summed E-state index contributed by atoms with van der Waals surface area (Å²) in [7, 11) is -3.93. The molecule has 1 aromatic carbocycles. The molecule has 0 aliphatic carbocycles. The molecule has 0 radical (unpaired) electrons. The van der Waals surface area contributed by atoms with Crippen LogP contribution < -0.4 is 9.44 Å². The largest absolute Gasteiger partial charge is 0.446 e. The number of nitrogens with one attached hydrogen (secondary N) is 2. The molecule has 0 bridgehead atoms. The summed E-state index contributed by atoms with van der Waals surface area (Å²) < 4.78 is 32.0. The number of hydrogen-bond acceptors (Lipinski definition) is 4. The van der Waals surface area contributed by atoms with Crippen molar-refractivity contribution in [3.05, 3.63) is 35.9 Å². The standard InChI is InChI=1S/C12H17BrN2O4S/c1-9(2)19-12(16)15-20(17,18)14-8-11(13)10-6-4-3-5-7-10/h3-7,9,11,14H,8H2,1-2H3,(H,15,16). The van der Waals surface area contributed by atoms with Crippen LogP contribution in [-0.4, -0.2) is 27.2 Å². The molecule has 1 aromatic rings. The molecule has 6 nitrogen and oxygen atoms in total. The summed E-state index contributed by atoms with van der Waals surface area (Å²) in [5, 5.41) is 0. The molecule has 0 saturated carbocycles. The Morgan fingerprint density at radius 3 is 2.45 bits per heavy atom. The molecule has 1 rings (SSSR count). The lowest BCUT2D eigenvalue weighted by molar-refractivity contribution is 0.121. The maximum Gasteiger partial charge on any atom is 0.422 e. The fourth-order valence-electron chi connectivity index (χ4n) is 1.35. The SMILES string of the molecule is CC(C)OC(=O)NS(=O)(=O)NCC(Br)c1ccccc1. The third-order valence-electron chi connectivity index (χ3n) is 2.17. The molecule has 0 fully saturated rings. The molecule has 1 atom stereocenters. The van der Waals surface area contributed by atoms with Crippen molar-refractivity contribution < 1.29 is 17.9 Å². The first-order chi connectivity index (χ1) is 9.30. The smallest absolute Gasteiger partial charge is 0.422 e. The second-order valence-electron chi connectivity index (χ2n) is 4.29. The van der Waals surface area contributed by atoms with E-state index in [0.29, 0.717) is 0 Å². The number of hydrogen-bond donors (Lipinski definition) is 2. The summed E-state index contributed by atoms with van der Waals surface area (Å²) in [5.74, 6) is 0. The van der Waals surface area contributed by atoms with E-state index in [-0.39, 0.29) is 11.4 Å². The molecule has 20 heavy (non-hydrogen) atoms. The van der Waals surface area contributed by atoms with E-state index in [1.807, 2.05) is 30.3 Å². The lowest BCUT2D eigenvalue weighted by atomic mass is 10.2. The van der Waals surface area contributed by atoms with E-state index in [1.54, 1.807) is 18.6 Å². The van der Waals surface area contributed by atoms with E-state index < -0.39 is 22.4 Å². The molecule has 2 N–H and O–H groups in total. The lowest BCUT2D eigenvalue weighted by Gasteiger charge is -2.13. The Balaban J connectivity index is 2.49. The van der Waals surface area contributed by atoms with Gasteiger partial charge in [0.1, 0.15) is 0 Å². The van der Waals surface area contributed by atoms with Crippen LogP contribution in [0.1, 0.15) is 24.2 Å². The van der Waals surface area contributed by atoms with Gasteiger partial charge in [-0.2, -0.15) is 13.1 Å². The highest BCUT2D eigenvalue weighted by Gasteiger charge is 2.18. The second-order valence-corrected chi connectivity index (χ2v) is 6.89. The third kappa shape index (κ3) is 6.36. The first-order valence-corrected chi connectivity index (χ1v) is 8.37. The zero-order valence-electron chi connectivity index (χ0n) is 11.2. The number of ether oxygens (including phenoxy) is 1. The summed E-state index contributed by atoms with van der Waals surface area (Å²) in [6.45, 7) is 3.36. The molecule has 0 aliphatic heterocycles. The van der Waals surface area contributed by atoms with Crippen molar-refractivity contribution in [2.45, 2.75) is 24.8 Å². The minimum Gasteiger partial charge on any atom is -0.446 e. The summed E-state index contributed by atoms with van der Waals surface area (Å²) in [6, 6.07) is 9.33. The number of rotatable bonds is 6. The number of benzene rings is 1. The van der Waals surface area contributed by atoms with Gasteiger partial charge in [0.15, 0.2) is 0 Å². The van der Waals surface area contributed by atoms with Gasteiger partial charge >= 0.3 is 16.3 Å². The van der Waals surface area contributed by atoms with Crippen molar-refractivity contribution in [1.29, 1.82) is 0 Å². The third-order valence-corrected chi connectivity index (χ3v) is 4.01. The average Bonchev–Trinajstić information content (AvgIpc) is 2.35. The Labute approximate surface area is 127 Å². The predicted octanol–water partition coefficient (Wildman–Crippen LogP) is 2.09. The minimum atomic E-state index is -3.93. The second kappa shape index (κ2) is 7.61. The Bertz CT molecular complexity index is 534. The van der Waals surface area contributed by atoms with E-state index in [4.69, 9.17) is 4.74 Å².